The maximum atomic E-state index is 13.2. The zero-order chi connectivity index (χ0) is 22.2. The number of hydrogen-bond donors (Lipinski definition) is 2. The van der Waals surface area contributed by atoms with Crippen molar-refractivity contribution in [3.8, 4) is 11.5 Å². The van der Waals surface area contributed by atoms with Gasteiger partial charge in [-0.2, -0.15) is 0 Å². The van der Waals surface area contributed by atoms with E-state index in [1.165, 1.54) is 0 Å². The molecule has 8 heteroatoms. The minimum atomic E-state index is -1.07. The van der Waals surface area contributed by atoms with Crippen LogP contribution in [0, 0.1) is 0 Å². The summed E-state index contributed by atoms with van der Waals surface area (Å²) in [4.78, 5) is 39.5. The van der Waals surface area contributed by atoms with Crippen molar-refractivity contribution in [3.05, 3.63) is 59.2 Å². The highest BCUT2D eigenvalue weighted by atomic mass is 16.5. The third-order valence-corrected chi connectivity index (χ3v) is 6.00. The van der Waals surface area contributed by atoms with Gasteiger partial charge in [0.05, 0.1) is 20.3 Å². The molecular formula is C23H25N3O5. The fourth-order valence-electron chi connectivity index (χ4n) is 4.42. The molecule has 1 fully saturated rings. The minimum absolute atomic E-state index is 0.356. The van der Waals surface area contributed by atoms with E-state index in [0.29, 0.717) is 24.3 Å². The van der Waals surface area contributed by atoms with Crippen LogP contribution in [0.4, 0.5) is 4.79 Å². The topological polar surface area (TPSA) is 97.0 Å². The van der Waals surface area contributed by atoms with Crippen LogP contribution >= 0.6 is 0 Å². The van der Waals surface area contributed by atoms with Gasteiger partial charge in [0.15, 0.2) is 0 Å². The summed E-state index contributed by atoms with van der Waals surface area (Å²) in [7, 11) is 3.11. The van der Waals surface area contributed by atoms with Gasteiger partial charge in [0.2, 0.25) is 5.91 Å². The second-order valence-corrected chi connectivity index (χ2v) is 7.78. The summed E-state index contributed by atoms with van der Waals surface area (Å²) >= 11 is 0. The number of fused-ring (bicyclic) bond motifs is 2. The summed E-state index contributed by atoms with van der Waals surface area (Å²) in [5, 5.41) is 5.67. The van der Waals surface area contributed by atoms with Gasteiger partial charge < -0.3 is 20.1 Å². The predicted octanol–water partition coefficient (Wildman–Crippen LogP) is 2.27. The summed E-state index contributed by atoms with van der Waals surface area (Å²) in [6.45, 7) is 1.45. The van der Waals surface area contributed by atoms with Crippen LogP contribution in [0.3, 0.4) is 0 Å². The van der Waals surface area contributed by atoms with Gasteiger partial charge in [-0.25, -0.2) is 4.79 Å². The standard InChI is InChI=1S/C23H25N3O5/c1-14(17-12-16(30-2)8-9-19(17)31-3)24-20(27)13-26-21(28)23(25-22(26)29)11-10-15-6-4-5-7-18(15)23/h4-9,12,14H,10-11,13H2,1-3H3,(H,24,27)(H,25,29)/t14-,23-/m0/s1. The van der Waals surface area contributed by atoms with Gasteiger partial charge in [0.1, 0.15) is 23.6 Å². The van der Waals surface area contributed by atoms with Gasteiger partial charge >= 0.3 is 6.03 Å². The van der Waals surface area contributed by atoms with E-state index >= 15 is 0 Å². The number of amides is 4. The minimum Gasteiger partial charge on any atom is -0.497 e. The number of rotatable bonds is 6. The van der Waals surface area contributed by atoms with E-state index in [-0.39, 0.29) is 12.5 Å². The second-order valence-electron chi connectivity index (χ2n) is 7.78. The first-order chi connectivity index (χ1) is 14.9. The number of hydrogen-bond acceptors (Lipinski definition) is 5. The Morgan fingerprint density at radius 1 is 1.19 bits per heavy atom. The molecule has 2 N–H and O–H groups in total. The average molecular weight is 423 g/mol. The third kappa shape index (κ3) is 3.48. The zero-order valence-corrected chi connectivity index (χ0v) is 17.7. The number of urea groups is 1. The highest BCUT2D eigenvalue weighted by molar-refractivity contribution is 6.09. The highest BCUT2D eigenvalue weighted by Gasteiger charge is 2.55. The molecule has 0 unspecified atom stereocenters. The fourth-order valence-corrected chi connectivity index (χ4v) is 4.42. The predicted molar refractivity (Wildman–Crippen MR) is 113 cm³/mol. The molecule has 4 amide bonds. The molecule has 2 aliphatic rings. The summed E-state index contributed by atoms with van der Waals surface area (Å²) in [5.74, 6) is 0.409. The molecule has 0 aromatic heterocycles. The van der Waals surface area contributed by atoms with Crippen molar-refractivity contribution in [3.63, 3.8) is 0 Å². The number of nitrogens with one attached hydrogen (secondary N) is 2. The van der Waals surface area contributed by atoms with Gasteiger partial charge in [0, 0.05) is 5.56 Å². The normalized spacial score (nSPS) is 20.4. The van der Waals surface area contributed by atoms with Crippen LogP contribution < -0.4 is 20.1 Å². The molecule has 1 heterocycles. The highest BCUT2D eigenvalue weighted by Crippen LogP contribution is 2.41. The molecule has 2 aromatic rings. The molecule has 8 nitrogen and oxygen atoms in total. The number of imide groups is 1. The number of nitrogens with zero attached hydrogens (tertiary/aromatic N) is 1. The van der Waals surface area contributed by atoms with Crippen molar-refractivity contribution in [2.75, 3.05) is 20.8 Å². The fraction of sp³-hybridized carbons (Fsp3) is 0.348. The lowest BCUT2D eigenvalue weighted by Gasteiger charge is -2.22. The zero-order valence-electron chi connectivity index (χ0n) is 17.7. The Labute approximate surface area is 180 Å². The molecule has 1 spiro atoms. The van der Waals surface area contributed by atoms with E-state index in [0.717, 1.165) is 21.6 Å². The largest absolute Gasteiger partial charge is 0.497 e. The number of carbonyl (C=O) groups is 3. The van der Waals surface area contributed by atoms with Gasteiger partial charge in [0.25, 0.3) is 5.91 Å². The average Bonchev–Trinajstić information content (AvgIpc) is 3.26. The molecule has 0 radical (unpaired) electrons. The van der Waals surface area contributed by atoms with Gasteiger partial charge in [-0.05, 0) is 49.1 Å². The Morgan fingerprint density at radius 3 is 2.71 bits per heavy atom. The lowest BCUT2D eigenvalue weighted by molar-refractivity contribution is -0.135. The first-order valence-corrected chi connectivity index (χ1v) is 10.1. The van der Waals surface area contributed by atoms with E-state index in [2.05, 4.69) is 10.6 Å². The Kier molecular flexibility index (Phi) is 5.31. The molecule has 1 saturated heterocycles. The monoisotopic (exact) mass is 423 g/mol. The number of aryl methyl sites for hydroxylation is 1. The number of benzene rings is 2. The summed E-state index contributed by atoms with van der Waals surface area (Å²) in [6.07, 6.45) is 1.20. The molecule has 31 heavy (non-hydrogen) atoms. The molecule has 0 saturated carbocycles. The molecule has 162 valence electrons. The number of ether oxygens (including phenoxy) is 2. The maximum absolute atomic E-state index is 13.2. The number of carbonyl (C=O) groups excluding carboxylic acids is 3. The smallest absolute Gasteiger partial charge is 0.325 e. The Morgan fingerprint density at radius 2 is 1.97 bits per heavy atom. The Bertz CT molecular complexity index is 1050. The molecule has 0 bridgehead atoms. The maximum Gasteiger partial charge on any atom is 0.325 e. The summed E-state index contributed by atoms with van der Waals surface area (Å²) < 4.78 is 10.6. The SMILES string of the molecule is COc1ccc(OC)c([C@H](C)NC(=O)CN2C(=O)N[C@]3(CCc4ccccc43)C2=O)c1. The van der Waals surface area contributed by atoms with Gasteiger partial charge in [-0.1, -0.05) is 24.3 Å². The van der Waals surface area contributed by atoms with Crippen molar-refractivity contribution in [1.29, 1.82) is 0 Å². The van der Waals surface area contributed by atoms with Gasteiger partial charge in [-0.15, -0.1) is 0 Å². The lowest BCUT2D eigenvalue weighted by atomic mass is 9.92. The van der Waals surface area contributed by atoms with E-state index < -0.39 is 23.5 Å². The Balaban J connectivity index is 1.49. The molecule has 1 aliphatic carbocycles. The second kappa shape index (κ2) is 7.94. The van der Waals surface area contributed by atoms with Crippen LogP contribution in [-0.4, -0.2) is 43.5 Å². The summed E-state index contributed by atoms with van der Waals surface area (Å²) in [5.41, 5.74) is 1.51. The van der Waals surface area contributed by atoms with E-state index in [1.54, 1.807) is 39.3 Å². The van der Waals surface area contributed by atoms with E-state index in [4.69, 9.17) is 9.47 Å². The molecule has 1 aliphatic heterocycles. The van der Waals surface area contributed by atoms with Crippen LogP contribution in [0.2, 0.25) is 0 Å². The Hall–Kier alpha value is -3.55. The molecule has 4 rings (SSSR count). The first kappa shape index (κ1) is 20.7. The van der Waals surface area contributed by atoms with Crippen molar-refractivity contribution >= 4 is 17.8 Å². The third-order valence-electron chi connectivity index (χ3n) is 6.00. The molecular weight excluding hydrogens is 398 g/mol. The first-order valence-electron chi connectivity index (χ1n) is 10.1. The van der Waals surface area contributed by atoms with Crippen molar-refractivity contribution < 1.29 is 23.9 Å². The van der Waals surface area contributed by atoms with E-state index in [9.17, 15) is 14.4 Å². The van der Waals surface area contributed by atoms with Crippen LogP contribution in [0.25, 0.3) is 0 Å². The summed E-state index contributed by atoms with van der Waals surface area (Å²) in [6, 6.07) is 11.9. The quantitative estimate of drug-likeness (QED) is 0.695. The molecule has 2 atom stereocenters. The van der Waals surface area contributed by atoms with Crippen molar-refractivity contribution in [1.82, 2.24) is 15.5 Å². The van der Waals surface area contributed by atoms with Crippen LogP contribution in [0.15, 0.2) is 42.5 Å². The van der Waals surface area contributed by atoms with E-state index in [1.807, 2.05) is 24.3 Å². The van der Waals surface area contributed by atoms with Crippen LogP contribution in [0.1, 0.15) is 36.1 Å². The van der Waals surface area contributed by atoms with Crippen LogP contribution in [0.5, 0.6) is 11.5 Å². The van der Waals surface area contributed by atoms with Gasteiger partial charge in [-0.3, -0.25) is 14.5 Å². The van der Waals surface area contributed by atoms with Crippen molar-refractivity contribution in [2.24, 2.45) is 0 Å². The molecule has 2 aromatic carbocycles. The van der Waals surface area contributed by atoms with Crippen LogP contribution in [-0.2, 0) is 21.5 Å². The number of methoxy groups -OCH3 is 2. The lowest BCUT2D eigenvalue weighted by Crippen LogP contribution is -2.44. The van der Waals surface area contributed by atoms with Crippen molar-refractivity contribution in [2.45, 2.75) is 31.3 Å².